The van der Waals surface area contributed by atoms with Crippen molar-refractivity contribution >= 4 is 17.5 Å². The zero-order chi connectivity index (χ0) is 17.6. The summed E-state index contributed by atoms with van der Waals surface area (Å²) < 4.78 is 5.52. The Morgan fingerprint density at radius 1 is 1.04 bits per heavy atom. The van der Waals surface area contributed by atoms with Gasteiger partial charge >= 0.3 is 0 Å². The number of hydrogen-bond donors (Lipinski definition) is 2. The molecule has 1 atom stereocenters. The average molecular weight is 338 g/mol. The molecule has 0 spiro atoms. The van der Waals surface area contributed by atoms with E-state index in [-0.39, 0.29) is 17.9 Å². The van der Waals surface area contributed by atoms with Crippen molar-refractivity contribution in [3.05, 3.63) is 65.2 Å². The van der Waals surface area contributed by atoms with Crippen LogP contribution in [0.3, 0.4) is 0 Å². The molecule has 1 heterocycles. The summed E-state index contributed by atoms with van der Waals surface area (Å²) >= 11 is 0. The van der Waals surface area contributed by atoms with Crippen LogP contribution in [0, 0.1) is 6.92 Å². The number of ether oxygens (including phenoxy) is 1. The molecule has 5 heteroatoms. The van der Waals surface area contributed by atoms with Crippen LogP contribution in [0.5, 0.6) is 0 Å². The number of hydrogen-bond acceptors (Lipinski definition) is 3. The van der Waals surface area contributed by atoms with Crippen molar-refractivity contribution < 1.29 is 14.3 Å². The van der Waals surface area contributed by atoms with Crippen LogP contribution in [0.4, 0.5) is 5.69 Å². The maximum atomic E-state index is 12.5. The van der Waals surface area contributed by atoms with Crippen molar-refractivity contribution in [1.82, 2.24) is 5.32 Å². The number of para-hydroxylation sites is 1. The standard InChI is InChI=1S/C20H22N2O3/c1-14-7-2-3-9-16(14)20(24)22-18-11-5-4-10-17(18)19(23)21-13-15-8-6-12-25-15/h2-5,7,9-11,15H,6,8,12-13H2,1H3,(H,21,23)(H,22,24)/t15-/m0/s1. The molecular weight excluding hydrogens is 316 g/mol. The van der Waals surface area contributed by atoms with Gasteiger partial charge in [-0.25, -0.2) is 0 Å². The van der Waals surface area contributed by atoms with E-state index in [2.05, 4.69) is 10.6 Å². The van der Waals surface area contributed by atoms with E-state index in [1.807, 2.05) is 25.1 Å². The van der Waals surface area contributed by atoms with Crippen LogP contribution in [0.25, 0.3) is 0 Å². The average Bonchev–Trinajstić information content (AvgIpc) is 3.14. The van der Waals surface area contributed by atoms with Gasteiger partial charge in [-0.05, 0) is 43.5 Å². The van der Waals surface area contributed by atoms with Gasteiger partial charge in [-0.15, -0.1) is 0 Å². The fourth-order valence-electron chi connectivity index (χ4n) is 2.91. The van der Waals surface area contributed by atoms with E-state index >= 15 is 0 Å². The number of benzene rings is 2. The number of aryl methyl sites for hydroxylation is 1. The Morgan fingerprint density at radius 3 is 2.48 bits per heavy atom. The third-order valence-corrected chi connectivity index (χ3v) is 4.32. The Balaban J connectivity index is 1.71. The van der Waals surface area contributed by atoms with Gasteiger partial charge in [-0.3, -0.25) is 9.59 Å². The molecule has 130 valence electrons. The van der Waals surface area contributed by atoms with Crippen LogP contribution in [0.1, 0.15) is 39.1 Å². The molecule has 3 rings (SSSR count). The topological polar surface area (TPSA) is 67.4 Å². The molecule has 0 saturated carbocycles. The van der Waals surface area contributed by atoms with Gasteiger partial charge in [0.25, 0.3) is 11.8 Å². The first-order chi connectivity index (χ1) is 12.1. The highest BCUT2D eigenvalue weighted by molar-refractivity contribution is 6.09. The highest BCUT2D eigenvalue weighted by Gasteiger charge is 2.19. The number of amides is 2. The molecule has 2 aromatic carbocycles. The fraction of sp³-hybridized carbons (Fsp3) is 0.300. The van der Waals surface area contributed by atoms with Gasteiger partial charge in [0.1, 0.15) is 0 Å². The lowest BCUT2D eigenvalue weighted by atomic mass is 10.1. The first kappa shape index (κ1) is 17.2. The van der Waals surface area contributed by atoms with Crippen molar-refractivity contribution in [3.8, 4) is 0 Å². The third kappa shape index (κ3) is 4.25. The third-order valence-electron chi connectivity index (χ3n) is 4.32. The molecule has 0 aromatic heterocycles. The lowest BCUT2D eigenvalue weighted by Gasteiger charge is -2.14. The fourth-order valence-corrected chi connectivity index (χ4v) is 2.91. The second-order valence-corrected chi connectivity index (χ2v) is 6.16. The first-order valence-electron chi connectivity index (χ1n) is 8.51. The molecule has 2 aromatic rings. The van der Waals surface area contributed by atoms with E-state index in [0.29, 0.717) is 23.4 Å². The molecule has 1 aliphatic heterocycles. The number of nitrogens with one attached hydrogen (secondary N) is 2. The zero-order valence-corrected chi connectivity index (χ0v) is 14.2. The number of anilines is 1. The molecule has 1 saturated heterocycles. The van der Waals surface area contributed by atoms with Crippen molar-refractivity contribution in [2.45, 2.75) is 25.9 Å². The molecule has 0 radical (unpaired) electrons. The maximum Gasteiger partial charge on any atom is 0.255 e. The molecule has 1 fully saturated rings. The number of rotatable bonds is 5. The van der Waals surface area contributed by atoms with Crippen LogP contribution >= 0.6 is 0 Å². The van der Waals surface area contributed by atoms with E-state index < -0.39 is 0 Å². The summed E-state index contributed by atoms with van der Waals surface area (Å²) in [6.07, 6.45) is 2.08. The molecule has 0 aliphatic carbocycles. The molecule has 5 nitrogen and oxygen atoms in total. The Hall–Kier alpha value is -2.66. The predicted octanol–water partition coefficient (Wildman–Crippen LogP) is 3.16. The number of carbonyl (C=O) groups is 2. The highest BCUT2D eigenvalue weighted by Crippen LogP contribution is 2.18. The lowest BCUT2D eigenvalue weighted by Crippen LogP contribution is -2.32. The summed E-state index contributed by atoms with van der Waals surface area (Å²) in [5.74, 6) is -0.436. The van der Waals surface area contributed by atoms with Gasteiger partial charge < -0.3 is 15.4 Å². The Bertz CT molecular complexity index is 767. The normalized spacial score (nSPS) is 16.4. The zero-order valence-electron chi connectivity index (χ0n) is 14.2. The second kappa shape index (κ2) is 7.94. The van der Waals surface area contributed by atoms with Crippen molar-refractivity contribution in [3.63, 3.8) is 0 Å². The Morgan fingerprint density at radius 2 is 1.76 bits per heavy atom. The number of carbonyl (C=O) groups excluding carboxylic acids is 2. The Labute approximate surface area is 147 Å². The summed E-state index contributed by atoms with van der Waals surface area (Å²) in [5, 5.41) is 5.74. The summed E-state index contributed by atoms with van der Waals surface area (Å²) in [4.78, 5) is 25.0. The van der Waals surface area contributed by atoms with E-state index in [4.69, 9.17) is 4.74 Å². The van der Waals surface area contributed by atoms with Crippen LogP contribution in [-0.2, 0) is 4.74 Å². The van der Waals surface area contributed by atoms with Gasteiger partial charge in [0.15, 0.2) is 0 Å². The van der Waals surface area contributed by atoms with Crippen molar-refractivity contribution in [1.29, 1.82) is 0 Å². The molecule has 1 aliphatic rings. The first-order valence-corrected chi connectivity index (χ1v) is 8.51. The Kier molecular flexibility index (Phi) is 5.46. The summed E-state index contributed by atoms with van der Waals surface area (Å²) in [7, 11) is 0. The SMILES string of the molecule is Cc1ccccc1C(=O)Nc1ccccc1C(=O)NC[C@@H]1CCCO1. The quantitative estimate of drug-likeness (QED) is 0.880. The summed E-state index contributed by atoms with van der Waals surface area (Å²) in [6.45, 7) is 3.12. The van der Waals surface area contributed by atoms with E-state index in [9.17, 15) is 9.59 Å². The van der Waals surface area contributed by atoms with Gasteiger partial charge in [-0.2, -0.15) is 0 Å². The molecule has 0 unspecified atom stereocenters. The van der Waals surface area contributed by atoms with Crippen molar-refractivity contribution in [2.75, 3.05) is 18.5 Å². The molecule has 2 N–H and O–H groups in total. The predicted molar refractivity (Wildman–Crippen MR) is 96.9 cm³/mol. The molecular formula is C20H22N2O3. The minimum atomic E-state index is -0.225. The highest BCUT2D eigenvalue weighted by atomic mass is 16.5. The van der Waals surface area contributed by atoms with Crippen LogP contribution in [0.2, 0.25) is 0 Å². The molecule has 2 amide bonds. The van der Waals surface area contributed by atoms with Crippen LogP contribution in [0.15, 0.2) is 48.5 Å². The van der Waals surface area contributed by atoms with E-state index in [1.165, 1.54) is 0 Å². The van der Waals surface area contributed by atoms with Gasteiger partial charge in [0, 0.05) is 18.7 Å². The minimum absolute atomic E-state index is 0.0812. The van der Waals surface area contributed by atoms with Gasteiger partial charge in [-0.1, -0.05) is 30.3 Å². The van der Waals surface area contributed by atoms with Gasteiger partial charge in [0.2, 0.25) is 0 Å². The summed E-state index contributed by atoms with van der Waals surface area (Å²) in [6, 6.07) is 14.4. The monoisotopic (exact) mass is 338 g/mol. The largest absolute Gasteiger partial charge is 0.376 e. The molecule has 0 bridgehead atoms. The van der Waals surface area contributed by atoms with E-state index in [1.54, 1.807) is 30.3 Å². The smallest absolute Gasteiger partial charge is 0.255 e. The maximum absolute atomic E-state index is 12.5. The summed E-state index contributed by atoms with van der Waals surface area (Å²) in [5.41, 5.74) is 2.43. The van der Waals surface area contributed by atoms with E-state index in [0.717, 1.165) is 25.0 Å². The van der Waals surface area contributed by atoms with Crippen molar-refractivity contribution in [2.24, 2.45) is 0 Å². The van der Waals surface area contributed by atoms with Crippen LogP contribution in [-0.4, -0.2) is 31.1 Å². The second-order valence-electron chi connectivity index (χ2n) is 6.16. The minimum Gasteiger partial charge on any atom is -0.376 e. The molecule has 25 heavy (non-hydrogen) atoms. The van der Waals surface area contributed by atoms with Crippen LogP contribution < -0.4 is 10.6 Å². The lowest BCUT2D eigenvalue weighted by molar-refractivity contribution is 0.0858. The van der Waals surface area contributed by atoms with Gasteiger partial charge in [0.05, 0.1) is 17.4 Å².